The van der Waals surface area contributed by atoms with Crippen LogP contribution in [0.25, 0.3) is 0 Å². The van der Waals surface area contributed by atoms with Gasteiger partial charge in [0.1, 0.15) is 0 Å². The van der Waals surface area contributed by atoms with Gasteiger partial charge < -0.3 is 4.74 Å². The first kappa shape index (κ1) is 10.4. The van der Waals surface area contributed by atoms with E-state index in [9.17, 15) is 0 Å². The zero-order valence-electron chi connectivity index (χ0n) is 8.93. The third kappa shape index (κ3) is 2.46. The predicted molar refractivity (Wildman–Crippen MR) is 61.8 cm³/mol. The van der Waals surface area contributed by atoms with Crippen molar-refractivity contribution in [3.8, 4) is 0 Å². The Morgan fingerprint density at radius 2 is 2.20 bits per heavy atom. The number of ether oxygens (including phenoxy) is 1. The Labute approximate surface area is 91.2 Å². The summed E-state index contributed by atoms with van der Waals surface area (Å²) in [7, 11) is 0. The topological polar surface area (TPSA) is 12.5 Å². The fourth-order valence-electron chi connectivity index (χ4n) is 2.00. The van der Waals surface area contributed by atoms with Gasteiger partial charge in [0.05, 0.1) is 19.3 Å². The van der Waals surface area contributed by atoms with E-state index >= 15 is 0 Å². The van der Waals surface area contributed by atoms with Crippen LogP contribution in [0.2, 0.25) is 0 Å². The van der Waals surface area contributed by atoms with Crippen LogP contribution >= 0.6 is 0 Å². The third-order valence-electron chi connectivity index (χ3n) is 2.79. The van der Waals surface area contributed by atoms with Crippen molar-refractivity contribution >= 4 is 0 Å². The Hall–Kier alpha value is -1.12. The molecule has 15 heavy (non-hydrogen) atoms. The molecule has 1 atom stereocenters. The largest absolute Gasteiger partial charge is 0.378 e. The summed E-state index contributed by atoms with van der Waals surface area (Å²) in [6.45, 7) is 7.35. The first-order valence-corrected chi connectivity index (χ1v) is 5.39. The Morgan fingerprint density at radius 3 is 2.93 bits per heavy atom. The molecule has 0 amide bonds. The van der Waals surface area contributed by atoms with Crippen molar-refractivity contribution in [1.29, 1.82) is 0 Å². The van der Waals surface area contributed by atoms with Crippen LogP contribution in [0.15, 0.2) is 43.0 Å². The second kappa shape index (κ2) is 5.10. The summed E-state index contributed by atoms with van der Waals surface area (Å²) in [6, 6.07) is 10.9. The number of hydrogen-bond donors (Lipinski definition) is 0. The highest BCUT2D eigenvalue weighted by Gasteiger charge is 2.22. The van der Waals surface area contributed by atoms with Crippen molar-refractivity contribution in [3.63, 3.8) is 0 Å². The standard InChI is InChI=1S/C13H17NO/c1-2-8-14-9-10-15-11-13(14)12-6-4-3-5-7-12/h2-7,13H,1,8-11H2. The fourth-order valence-corrected chi connectivity index (χ4v) is 2.00. The van der Waals surface area contributed by atoms with E-state index in [2.05, 4.69) is 35.7 Å². The minimum Gasteiger partial charge on any atom is -0.378 e. The normalized spacial score (nSPS) is 22.5. The van der Waals surface area contributed by atoms with Gasteiger partial charge in [-0.15, -0.1) is 6.58 Å². The average Bonchev–Trinajstić information content (AvgIpc) is 2.31. The molecule has 1 aliphatic heterocycles. The summed E-state index contributed by atoms with van der Waals surface area (Å²) < 4.78 is 5.54. The lowest BCUT2D eigenvalue weighted by Gasteiger charge is -2.35. The van der Waals surface area contributed by atoms with Crippen LogP contribution in [0.3, 0.4) is 0 Å². The summed E-state index contributed by atoms with van der Waals surface area (Å²) in [5.41, 5.74) is 1.33. The molecule has 0 aromatic heterocycles. The molecule has 0 bridgehead atoms. The maximum absolute atomic E-state index is 5.54. The number of hydrogen-bond acceptors (Lipinski definition) is 2. The predicted octanol–water partition coefficient (Wildman–Crippen LogP) is 2.25. The van der Waals surface area contributed by atoms with Gasteiger partial charge in [-0.2, -0.15) is 0 Å². The number of nitrogens with zero attached hydrogens (tertiary/aromatic N) is 1. The first-order valence-electron chi connectivity index (χ1n) is 5.39. The van der Waals surface area contributed by atoms with Gasteiger partial charge in [0.15, 0.2) is 0 Å². The highest BCUT2D eigenvalue weighted by atomic mass is 16.5. The molecule has 0 radical (unpaired) electrons. The average molecular weight is 203 g/mol. The molecule has 1 fully saturated rings. The van der Waals surface area contributed by atoms with Crippen LogP contribution < -0.4 is 0 Å². The van der Waals surface area contributed by atoms with Crippen molar-refractivity contribution < 1.29 is 4.74 Å². The van der Waals surface area contributed by atoms with E-state index in [0.29, 0.717) is 6.04 Å². The molecule has 0 saturated carbocycles. The molecule has 0 aliphatic carbocycles. The Kier molecular flexibility index (Phi) is 3.54. The molecular weight excluding hydrogens is 186 g/mol. The van der Waals surface area contributed by atoms with Crippen molar-refractivity contribution in [2.45, 2.75) is 6.04 Å². The van der Waals surface area contributed by atoms with Crippen LogP contribution in [0.4, 0.5) is 0 Å². The molecule has 1 aliphatic rings. The molecule has 2 nitrogen and oxygen atoms in total. The van der Waals surface area contributed by atoms with Gasteiger partial charge >= 0.3 is 0 Å². The van der Waals surface area contributed by atoms with Crippen LogP contribution in [-0.2, 0) is 4.74 Å². The number of benzene rings is 1. The fraction of sp³-hybridized carbons (Fsp3) is 0.385. The minimum atomic E-state index is 0.387. The van der Waals surface area contributed by atoms with Gasteiger partial charge in [-0.1, -0.05) is 36.4 Å². The van der Waals surface area contributed by atoms with E-state index in [4.69, 9.17) is 4.74 Å². The lowest BCUT2D eigenvalue weighted by atomic mass is 10.1. The lowest BCUT2D eigenvalue weighted by Crippen LogP contribution is -2.39. The molecule has 0 N–H and O–H groups in total. The van der Waals surface area contributed by atoms with Gasteiger partial charge in [0, 0.05) is 13.1 Å². The molecule has 1 aromatic rings. The van der Waals surface area contributed by atoms with Crippen molar-refractivity contribution in [3.05, 3.63) is 48.6 Å². The van der Waals surface area contributed by atoms with E-state index in [1.165, 1.54) is 5.56 Å². The van der Waals surface area contributed by atoms with Crippen molar-refractivity contribution in [1.82, 2.24) is 4.90 Å². The van der Waals surface area contributed by atoms with Gasteiger partial charge in [-0.3, -0.25) is 4.90 Å². The second-order valence-electron chi connectivity index (χ2n) is 3.79. The zero-order valence-corrected chi connectivity index (χ0v) is 8.93. The van der Waals surface area contributed by atoms with Gasteiger partial charge in [0.25, 0.3) is 0 Å². The molecule has 80 valence electrons. The first-order chi connectivity index (χ1) is 7.42. The Bertz CT molecular complexity index is 310. The summed E-state index contributed by atoms with van der Waals surface area (Å²) >= 11 is 0. The van der Waals surface area contributed by atoms with Gasteiger partial charge in [-0.25, -0.2) is 0 Å². The maximum Gasteiger partial charge on any atom is 0.0664 e. The van der Waals surface area contributed by atoms with E-state index in [-0.39, 0.29) is 0 Å². The van der Waals surface area contributed by atoms with E-state index < -0.39 is 0 Å². The number of rotatable bonds is 3. The Balaban J connectivity index is 2.14. The second-order valence-corrected chi connectivity index (χ2v) is 3.79. The highest BCUT2D eigenvalue weighted by Crippen LogP contribution is 2.23. The SMILES string of the molecule is C=CCN1CCOCC1c1ccccc1. The van der Waals surface area contributed by atoms with Crippen molar-refractivity contribution in [2.24, 2.45) is 0 Å². The summed E-state index contributed by atoms with van der Waals surface area (Å²) in [6.07, 6.45) is 1.96. The summed E-state index contributed by atoms with van der Waals surface area (Å²) in [5.74, 6) is 0. The van der Waals surface area contributed by atoms with Crippen LogP contribution in [0.5, 0.6) is 0 Å². The number of morpholine rings is 1. The molecule has 1 aromatic carbocycles. The lowest BCUT2D eigenvalue weighted by molar-refractivity contribution is -0.00254. The molecule has 1 unspecified atom stereocenters. The summed E-state index contributed by atoms with van der Waals surface area (Å²) in [5, 5.41) is 0. The molecular formula is C13H17NO. The van der Waals surface area contributed by atoms with Crippen molar-refractivity contribution in [2.75, 3.05) is 26.3 Å². The van der Waals surface area contributed by atoms with E-state index in [0.717, 1.165) is 26.3 Å². The zero-order chi connectivity index (χ0) is 10.5. The van der Waals surface area contributed by atoms with E-state index in [1.807, 2.05) is 12.1 Å². The minimum absolute atomic E-state index is 0.387. The smallest absolute Gasteiger partial charge is 0.0664 e. The van der Waals surface area contributed by atoms with Gasteiger partial charge in [-0.05, 0) is 5.56 Å². The maximum atomic E-state index is 5.54. The van der Waals surface area contributed by atoms with Crippen LogP contribution in [0, 0.1) is 0 Å². The molecule has 2 heteroatoms. The van der Waals surface area contributed by atoms with Crippen LogP contribution in [0.1, 0.15) is 11.6 Å². The van der Waals surface area contributed by atoms with Crippen LogP contribution in [-0.4, -0.2) is 31.2 Å². The van der Waals surface area contributed by atoms with Gasteiger partial charge in [0.2, 0.25) is 0 Å². The molecule has 1 saturated heterocycles. The molecule has 0 spiro atoms. The van der Waals surface area contributed by atoms with E-state index in [1.54, 1.807) is 0 Å². The Morgan fingerprint density at radius 1 is 1.40 bits per heavy atom. The monoisotopic (exact) mass is 203 g/mol. The molecule has 2 rings (SSSR count). The third-order valence-corrected chi connectivity index (χ3v) is 2.79. The summed E-state index contributed by atoms with van der Waals surface area (Å²) in [4.78, 5) is 2.41. The quantitative estimate of drug-likeness (QED) is 0.699. The molecule has 1 heterocycles. The highest BCUT2D eigenvalue weighted by molar-refractivity contribution is 5.19.